The first-order valence-corrected chi connectivity index (χ1v) is 2.19. The van der Waals surface area contributed by atoms with Gasteiger partial charge in [-0.25, -0.2) is 10.3 Å². The van der Waals surface area contributed by atoms with Crippen molar-refractivity contribution in [3.63, 3.8) is 0 Å². The Hall–Kier alpha value is -0.670. The van der Waals surface area contributed by atoms with Gasteiger partial charge in [0.1, 0.15) is 0 Å². The van der Waals surface area contributed by atoms with Crippen LogP contribution in [0.25, 0.3) is 0 Å². The molecule has 0 bridgehead atoms. The van der Waals surface area contributed by atoms with E-state index in [0.717, 1.165) is 0 Å². The third kappa shape index (κ3) is 4.23. The first kappa shape index (κ1) is 12.0. The van der Waals surface area contributed by atoms with Gasteiger partial charge in [-0.2, -0.15) is 0 Å². The van der Waals surface area contributed by atoms with Crippen LogP contribution in [0.15, 0.2) is 24.4 Å². The van der Waals surface area contributed by atoms with Crippen LogP contribution in [0, 0.1) is 0 Å². The number of rotatable bonds is 0. The van der Waals surface area contributed by atoms with Crippen molar-refractivity contribution in [1.29, 1.82) is 0 Å². The van der Waals surface area contributed by atoms with E-state index in [-0.39, 0.29) is 30.8 Å². The van der Waals surface area contributed by atoms with Crippen molar-refractivity contribution >= 4 is 30.8 Å². The molecule has 0 aromatic rings. The van der Waals surface area contributed by atoms with Crippen LogP contribution < -0.4 is 5.48 Å². The molecule has 1 rings (SSSR count). The van der Waals surface area contributed by atoms with Crippen LogP contribution in [0.2, 0.25) is 0 Å². The molecule has 10 heavy (non-hydrogen) atoms. The van der Waals surface area contributed by atoms with Crippen molar-refractivity contribution in [1.82, 2.24) is 5.48 Å². The van der Waals surface area contributed by atoms with Gasteiger partial charge in [-0.3, -0.25) is 0 Å². The summed E-state index contributed by atoms with van der Waals surface area (Å²) in [5, 5.41) is 0. The van der Waals surface area contributed by atoms with E-state index < -0.39 is 0 Å². The van der Waals surface area contributed by atoms with Gasteiger partial charge in [0.05, 0.1) is 0 Å². The Morgan fingerprint density at radius 1 is 1.30 bits per heavy atom. The van der Waals surface area contributed by atoms with Crippen LogP contribution in [0.1, 0.15) is 0 Å². The Labute approximate surface area is 70.9 Å². The summed E-state index contributed by atoms with van der Waals surface area (Å²) in [6.07, 6.45) is 6.13. The monoisotopic (exact) mass is 183 g/mol. The highest BCUT2D eigenvalue weighted by atomic mass is 35.5. The van der Waals surface area contributed by atoms with Crippen molar-refractivity contribution in [3.05, 3.63) is 24.4 Å². The second-order valence-corrected chi connectivity index (χ2v) is 1.26. The predicted octanol–water partition coefficient (Wildman–Crippen LogP) is 0.961. The normalized spacial score (nSPS) is 13.4. The standard InChI is InChI=1S/C5H5NO2.2ClH/c7-5-3-1-2-4-6-8-5;;/h1-4,6H;2*1H. The number of allylic oxidation sites excluding steroid dienone is 2. The lowest BCUT2D eigenvalue weighted by molar-refractivity contribution is -0.142. The first-order valence-electron chi connectivity index (χ1n) is 2.19. The molecule has 0 amide bonds. The van der Waals surface area contributed by atoms with Gasteiger partial charge in [0.2, 0.25) is 0 Å². The first-order chi connectivity index (χ1) is 3.89. The minimum atomic E-state index is -0.380. The molecule has 0 aliphatic carbocycles. The molecule has 0 atom stereocenters. The van der Waals surface area contributed by atoms with Crippen molar-refractivity contribution in [2.24, 2.45) is 0 Å². The van der Waals surface area contributed by atoms with E-state index in [1.807, 2.05) is 0 Å². The lowest BCUT2D eigenvalue weighted by Gasteiger charge is -1.92. The molecular weight excluding hydrogens is 177 g/mol. The minimum absolute atomic E-state index is 0. The summed E-state index contributed by atoms with van der Waals surface area (Å²) < 4.78 is 0. The number of carbonyl (C=O) groups is 1. The van der Waals surface area contributed by atoms with Gasteiger partial charge < -0.3 is 4.84 Å². The highest BCUT2D eigenvalue weighted by molar-refractivity contribution is 5.85. The molecule has 58 valence electrons. The zero-order valence-corrected chi connectivity index (χ0v) is 6.58. The third-order valence-electron chi connectivity index (χ3n) is 0.667. The zero-order chi connectivity index (χ0) is 5.82. The Balaban J connectivity index is 0. The summed E-state index contributed by atoms with van der Waals surface area (Å²) in [6.45, 7) is 0. The van der Waals surface area contributed by atoms with Crippen LogP contribution in [-0.4, -0.2) is 5.97 Å². The van der Waals surface area contributed by atoms with Gasteiger partial charge in [0, 0.05) is 12.3 Å². The zero-order valence-electron chi connectivity index (χ0n) is 4.94. The van der Waals surface area contributed by atoms with Gasteiger partial charge in [0.15, 0.2) is 0 Å². The van der Waals surface area contributed by atoms with Gasteiger partial charge in [-0.1, -0.05) is 6.08 Å². The largest absolute Gasteiger partial charge is 0.355 e. The summed E-state index contributed by atoms with van der Waals surface area (Å²) in [4.78, 5) is 14.6. The molecule has 0 spiro atoms. The fourth-order valence-corrected chi connectivity index (χ4v) is 0.355. The quantitative estimate of drug-likeness (QED) is 0.609. The number of hydrogen-bond donors (Lipinski definition) is 1. The Morgan fingerprint density at radius 2 is 2.00 bits per heavy atom. The molecule has 0 aromatic heterocycles. The topological polar surface area (TPSA) is 38.3 Å². The SMILES string of the molecule is Cl.Cl.O=C1C=CC=CNO1. The molecule has 0 saturated heterocycles. The van der Waals surface area contributed by atoms with E-state index >= 15 is 0 Å². The van der Waals surface area contributed by atoms with Crippen LogP contribution in [0.3, 0.4) is 0 Å². The van der Waals surface area contributed by atoms with Gasteiger partial charge in [-0.05, 0) is 6.08 Å². The minimum Gasteiger partial charge on any atom is -0.339 e. The van der Waals surface area contributed by atoms with Crippen LogP contribution in [0.4, 0.5) is 0 Å². The number of halogens is 2. The maximum Gasteiger partial charge on any atom is 0.355 e. The maximum absolute atomic E-state index is 10.3. The Bertz CT molecular complexity index is 156. The molecule has 0 saturated carbocycles. The molecule has 0 radical (unpaired) electrons. The molecule has 3 nitrogen and oxygen atoms in total. The molecule has 1 heterocycles. The van der Waals surface area contributed by atoms with E-state index in [1.165, 1.54) is 12.3 Å². The van der Waals surface area contributed by atoms with Crippen molar-refractivity contribution in [2.45, 2.75) is 0 Å². The van der Waals surface area contributed by atoms with E-state index in [4.69, 9.17) is 0 Å². The molecule has 0 unspecified atom stereocenters. The summed E-state index contributed by atoms with van der Waals surface area (Å²) in [6, 6.07) is 0. The Morgan fingerprint density at radius 3 is 2.70 bits per heavy atom. The van der Waals surface area contributed by atoms with Crippen molar-refractivity contribution < 1.29 is 9.63 Å². The second-order valence-electron chi connectivity index (χ2n) is 1.26. The molecule has 0 aromatic carbocycles. The molecule has 1 aliphatic heterocycles. The fraction of sp³-hybridized carbons (Fsp3) is 0. The highest BCUT2D eigenvalue weighted by Gasteiger charge is 1.93. The predicted molar refractivity (Wildman–Crippen MR) is 42.0 cm³/mol. The van der Waals surface area contributed by atoms with E-state index in [0.29, 0.717) is 0 Å². The Kier molecular flexibility index (Phi) is 7.77. The fourth-order valence-electron chi connectivity index (χ4n) is 0.355. The average Bonchev–Trinajstić information content (AvgIpc) is 1.94. The number of hydroxylamine groups is 1. The second kappa shape index (κ2) is 6.45. The van der Waals surface area contributed by atoms with E-state index in [2.05, 4.69) is 10.3 Å². The smallest absolute Gasteiger partial charge is 0.339 e. The molecule has 0 fully saturated rings. The molecule has 1 aliphatic rings. The summed E-state index contributed by atoms with van der Waals surface area (Å²) >= 11 is 0. The number of hydrogen-bond acceptors (Lipinski definition) is 3. The highest BCUT2D eigenvalue weighted by Crippen LogP contribution is 1.84. The van der Waals surface area contributed by atoms with Crippen molar-refractivity contribution in [2.75, 3.05) is 0 Å². The van der Waals surface area contributed by atoms with E-state index in [9.17, 15) is 4.79 Å². The lowest BCUT2D eigenvalue weighted by atomic mass is 10.5. The van der Waals surface area contributed by atoms with Gasteiger partial charge >= 0.3 is 5.97 Å². The average molecular weight is 184 g/mol. The number of carbonyl (C=O) groups excluding carboxylic acids is 1. The summed E-state index contributed by atoms with van der Waals surface area (Å²) in [7, 11) is 0. The van der Waals surface area contributed by atoms with Gasteiger partial charge in [0.25, 0.3) is 0 Å². The molecule has 5 heteroatoms. The third-order valence-corrected chi connectivity index (χ3v) is 0.667. The van der Waals surface area contributed by atoms with E-state index in [1.54, 1.807) is 12.2 Å². The molecular formula is C5H7Cl2NO2. The maximum atomic E-state index is 10.3. The van der Waals surface area contributed by atoms with Crippen LogP contribution in [-0.2, 0) is 9.63 Å². The van der Waals surface area contributed by atoms with Crippen molar-refractivity contribution in [3.8, 4) is 0 Å². The lowest BCUT2D eigenvalue weighted by Crippen LogP contribution is -2.09. The van der Waals surface area contributed by atoms with Gasteiger partial charge in [-0.15, -0.1) is 24.8 Å². The molecule has 1 N–H and O–H groups in total. The van der Waals surface area contributed by atoms with Crippen LogP contribution in [0.5, 0.6) is 0 Å². The number of nitrogens with one attached hydrogen (secondary N) is 1. The summed E-state index contributed by atoms with van der Waals surface area (Å²) in [5.74, 6) is -0.380. The van der Waals surface area contributed by atoms with Crippen LogP contribution >= 0.6 is 24.8 Å². The summed E-state index contributed by atoms with van der Waals surface area (Å²) in [5.41, 5.74) is 2.30.